The molecule has 0 amide bonds. The van der Waals surface area contributed by atoms with Crippen molar-refractivity contribution < 1.29 is 4.39 Å². The van der Waals surface area contributed by atoms with E-state index in [0.717, 1.165) is 37.9 Å². The predicted octanol–water partition coefficient (Wildman–Crippen LogP) is 6.85. The van der Waals surface area contributed by atoms with Gasteiger partial charge in [0.2, 0.25) is 0 Å². The Kier molecular flexibility index (Phi) is 6.55. The first kappa shape index (κ1) is 20.9. The standard InChI is InChI=1S/C29H36FN/c30-17-6-18-31-20-23(21-31)19-22-13-15-26(16-14-22)29-27-11-4-3-9-25(27)10-5-12-28(29)24-7-1-2-8-24/h3-4,9,11,13-16,23-24H,1-2,5-8,10,12,17-21H2. The number of benzene rings is 2. The van der Waals surface area contributed by atoms with Gasteiger partial charge in [-0.15, -0.1) is 0 Å². The molecule has 2 aromatic carbocycles. The van der Waals surface area contributed by atoms with Gasteiger partial charge < -0.3 is 4.90 Å². The van der Waals surface area contributed by atoms with Gasteiger partial charge in [0.15, 0.2) is 0 Å². The summed E-state index contributed by atoms with van der Waals surface area (Å²) in [4.78, 5) is 2.39. The molecule has 5 rings (SSSR count). The number of hydrogen-bond acceptors (Lipinski definition) is 1. The molecule has 2 heteroatoms. The fraction of sp³-hybridized carbons (Fsp3) is 0.517. The molecule has 3 aliphatic rings. The van der Waals surface area contributed by atoms with Crippen molar-refractivity contribution in [2.24, 2.45) is 11.8 Å². The monoisotopic (exact) mass is 417 g/mol. The second kappa shape index (κ2) is 9.69. The summed E-state index contributed by atoms with van der Waals surface area (Å²) < 4.78 is 12.4. The van der Waals surface area contributed by atoms with Crippen LogP contribution in [0.25, 0.3) is 5.57 Å². The SMILES string of the molecule is FCCCN1CC(Cc2ccc(C3=C(C4CCCC4)CCCc4ccccc43)cc2)C1. The van der Waals surface area contributed by atoms with Gasteiger partial charge in [-0.25, -0.2) is 0 Å². The van der Waals surface area contributed by atoms with E-state index in [1.165, 1.54) is 67.2 Å². The van der Waals surface area contributed by atoms with Crippen LogP contribution in [0.1, 0.15) is 67.2 Å². The quantitative estimate of drug-likeness (QED) is 0.476. The molecular formula is C29H36FN. The van der Waals surface area contributed by atoms with Crippen LogP contribution in [0, 0.1) is 11.8 Å². The molecule has 0 unspecified atom stereocenters. The van der Waals surface area contributed by atoms with Gasteiger partial charge in [0.1, 0.15) is 0 Å². The summed E-state index contributed by atoms with van der Waals surface area (Å²) in [6.45, 7) is 2.99. The number of hydrogen-bond donors (Lipinski definition) is 0. The number of allylic oxidation sites excluding steroid dienone is 1. The summed E-state index contributed by atoms with van der Waals surface area (Å²) in [7, 11) is 0. The fourth-order valence-corrected chi connectivity index (χ4v) is 6.19. The van der Waals surface area contributed by atoms with E-state index < -0.39 is 0 Å². The number of fused-ring (bicyclic) bond motifs is 1. The lowest BCUT2D eigenvalue weighted by Gasteiger charge is -2.39. The van der Waals surface area contributed by atoms with Crippen molar-refractivity contribution in [3.05, 3.63) is 76.4 Å². The van der Waals surface area contributed by atoms with Crippen LogP contribution in [0.15, 0.2) is 54.1 Å². The maximum Gasteiger partial charge on any atom is 0.0906 e. The van der Waals surface area contributed by atoms with Crippen molar-refractivity contribution in [1.29, 1.82) is 0 Å². The molecule has 1 aliphatic heterocycles. The number of rotatable bonds is 7. The van der Waals surface area contributed by atoms with Crippen LogP contribution < -0.4 is 0 Å². The van der Waals surface area contributed by atoms with Crippen molar-refractivity contribution in [3.63, 3.8) is 0 Å². The van der Waals surface area contributed by atoms with Crippen LogP contribution in [-0.2, 0) is 12.8 Å². The Morgan fingerprint density at radius 1 is 0.871 bits per heavy atom. The first-order chi connectivity index (χ1) is 15.3. The third kappa shape index (κ3) is 4.65. The van der Waals surface area contributed by atoms with Gasteiger partial charge in [-0.2, -0.15) is 0 Å². The Balaban J connectivity index is 1.38. The molecule has 0 spiro atoms. The minimum absolute atomic E-state index is 0.190. The Morgan fingerprint density at radius 3 is 2.42 bits per heavy atom. The topological polar surface area (TPSA) is 3.24 Å². The molecule has 164 valence electrons. The zero-order valence-electron chi connectivity index (χ0n) is 18.8. The van der Waals surface area contributed by atoms with Gasteiger partial charge in [-0.3, -0.25) is 4.39 Å². The Labute approximate surface area is 187 Å². The summed E-state index contributed by atoms with van der Waals surface area (Å²) in [6.07, 6.45) is 11.1. The summed E-state index contributed by atoms with van der Waals surface area (Å²) in [5.74, 6) is 1.52. The number of likely N-dealkylation sites (tertiary alicyclic amines) is 1. The normalized spacial score (nSPS) is 20.5. The molecule has 0 atom stereocenters. The number of aryl methyl sites for hydroxylation is 1. The van der Waals surface area contributed by atoms with Crippen molar-refractivity contribution in [2.75, 3.05) is 26.3 Å². The largest absolute Gasteiger partial charge is 0.303 e. The lowest BCUT2D eigenvalue weighted by Crippen LogP contribution is -2.47. The predicted molar refractivity (Wildman–Crippen MR) is 128 cm³/mol. The van der Waals surface area contributed by atoms with Crippen LogP contribution in [0.5, 0.6) is 0 Å². The average Bonchev–Trinajstić information content (AvgIpc) is 3.24. The third-order valence-corrected chi connectivity index (χ3v) is 7.76. The summed E-state index contributed by atoms with van der Waals surface area (Å²) in [5.41, 5.74) is 9.15. The summed E-state index contributed by atoms with van der Waals surface area (Å²) in [6, 6.07) is 18.6. The van der Waals surface area contributed by atoms with Gasteiger partial charge in [0, 0.05) is 19.6 Å². The fourth-order valence-electron chi connectivity index (χ4n) is 6.19. The van der Waals surface area contributed by atoms with Gasteiger partial charge in [0.25, 0.3) is 0 Å². The highest BCUT2D eigenvalue weighted by atomic mass is 19.1. The van der Waals surface area contributed by atoms with E-state index in [1.807, 2.05) is 0 Å². The molecule has 0 aromatic heterocycles. The Bertz CT molecular complexity index is 901. The van der Waals surface area contributed by atoms with Crippen LogP contribution in [-0.4, -0.2) is 31.2 Å². The second-order valence-electron chi connectivity index (χ2n) is 9.96. The molecule has 2 aliphatic carbocycles. The molecular weight excluding hydrogens is 381 g/mol. The summed E-state index contributed by atoms with van der Waals surface area (Å²) in [5, 5.41) is 0. The lowest BCUT2D eigenvalue weighted by atomic mass is 9.83. The lowest BCUT2D eigenvalue weighted by molar-refractivity contribution is 0.0968. The minimum atomic E-state index is -0.190. The first-order valence-electron chi connectivity index (χ1n) is 12.5. The molecule has 0 N–H and O–H groups in total. The smallest absolute Gasteiger partial charge is 0.0906 e. The third-order valence-electron chi connectivity index (χ3n) is 7.76. The van der Waals surface area contributed by atoms with Gasteiger partial charge >= 0.3 is 0 Å². The molecule has 1 nitrogen and oxygen atoms in total. The van der Waals surface area contributed by atoms with Crippen LogP contribution in [0.4, 0.5) is 4.39 Å². The highest BCUT2D eigenvalue weighted by molar-refractivity contribution is 5.84. The second-order valence-corrected chi connectivity index (χ2v) is 9.96. The van der Waals surface area contributed by atoms with E-state index in [0.29, 0.717) is 6.42 Å². The molecule has 1 saturated heterocycles. The average molecular weight is 418 g/mol. The zero-order valence-corrected chi connectivity index (χ0v) is 18.8. The van der Waals surface area contributed by atoms with Gasteiger partial charge in [-0.05, 0) is 84.6 Å². The van der Waals surface area contributed by atoms with Crippen molar-refractivity contribution >= 4 is 5.57 Å². The van der Waals surface area contributed by atoms with Gasteiger partial charge in [-0.1, -0.05) is 66.9 Å². The molecule has 1 heterocycles. The number of halogens is 1. The Hall–Kier alpha value is -1.93. The van der Waals surface area contributed by atoms with Crippen molar-refractivity contribution in [2.45, 2.75) is 57.8 Å². The van der Waals surface area contributed by atoms with E-state index >= 15 is 0 Å². The molecule has 0 radical (unpaired) electrons. The van der Waals surface area contributed by atoms with E-state index in [1.54, 1.807) is 11.1 Å². The molecule has 31 heavy (non-hydrogen) atoms. The number of nitrogens with zero attached hydrogens (tertiary/aromatic N) is 1. The first-order valence-corrected chi connectivity index (χ1v) is 12.5. The van der Waals surface area contributed by atoms with E-state index in [4.69, 9.17) is 0 Å². The molecule has 0 bridgehead atoms. The molecule has 2 fully saturated rings. The minimum Gasteiger partial charge on any atom is -0.303 e. The molecule has 1 saturated carbocycles. The summed E-state index contributed by atoms with van der Waals surface area (Å²) >= 11 is 0. The zero-order chi connectivity index (χ0) is 21.0. The highest BCUT2D eigenvalue weighted by Crippen LogP contribution is 2.43. The number of alkyl halides is 1. The highest BCUT2D eigenvalue weighted by Gasteiger charge is 2.28. The maximum absolute atomic E-state index is 12.4. The van der Waals surface area contributed by atoms with Gasteiger partial charge in [0.05, 0.1) is 6.67 Å². The van der Waals surface area contributed by atoms with Crippen LogP contribution in [0.3, 0.4) is 0 Å². The van der Waals surface area contributed by atoms with Crippen LogP contribution >= 0.6 is 0 Å². The maximum atomic E-state index is 12.4. The van der Waals surface area contributed by atoms with Crippen molar-refractivity contribution in [1.82, 2.24) is 4.90 Å². The Morgan fingerprint density at radius 2 is 1.65 bits per heavy atom. The van der Waals surface area contributed by atoms with E-state index in [-0.39, 0.29) is 6.67 Å². The van der Waals surface area contributed by atoms with Crippen molar-refractivity contribution in [3.8, 4) is 0 Å². The van der Waals surface area contributed by atoms with E-state index in [2.05, 4.69) is 53.4 Å². The van der Waals surface area contributed by atoms with E-state index in [9.17, 15) is 4.39 Å². The van der Waals surface area contributed by atoms with Crippen LogP contribution in [0.2, 0.25) is 0 Å². The molecule has 2 aromatic rings.